The second-order valence-corrected chi connectivity index (χ2v) is 5.98. The molecule has 0 radical (unpaired) electrons. The van der Waals surface area contributed by atoms with E-state index in [1.807, 2.05) is 19.9 Å². The second kappa shape index (κ2) is 7.00. The molecule has 3 rings (SSSR count). The number of amides is 2. The van der Waals surface area contributed by atoms with Crippen molar-refractivity contribution in [2.75, 3.05) is 18.5 Å². The van der Waals surface area contributed by atoms with Crippen molar-refractivity contribution >= 4 is 11.7 Å². The summed E-state index contributed by atoms with van der Waals surface area (Å²) >= 11 is 0. The fraction of sp³-hybridized carbons (Fsp3) is 0.412. The molecule has 1 aromatic carbocycles. The predicted octanol–water partition coefficient (Wildman–Crippen LogP) is 2.93. The van der Waals surface area contributed by atoms with E-state index >= 15 is 0 Å². The van der Waals surface area contributed by atoms with Crippen molar-refractivity contribution in [2.45, 2.75) is 32.8 Å². The lowest BCUT2D eigenvalue weighted by Gasteiger charge is -2.12. The van der Waals surface area contributed by atoms with Gasteiger partial charge in [-0.15, -0.1) is 0 Å². The zero-order chi connectivity index (χ0) is 17.1. The highest BCUT2D eigenvalue weighted by atomic mass is 19.1. The van der Waals surface area contributed by atoms with Crippen molar-refractivity contribution in [3.63, 3.8) is 0 Å². The summed E-state index contributed by atoms with van der Waals surface area (Å²) in [5.74, 6) is -0.446. The predicted molar refractivity (Wildman–Crippen MR) is 89.0 cm³/mol. The van der Waals surface area contributed by atoms with E-state index in [0.29, 0.717) is 17.9 Å². The minimum Gasteiger partial charge on any atom is -0.376 e. The maximum Gasteiger partial charge on any atom is 0.319 e. The molecule has 1 aliphatic heterocycles. The molecule has 2 N–H and O–H groups in total. The van der Waals surface area contributed by atoms with Gasteiger partial charge in [0.25, 0.3) is 0 Å². The third kappa shape index (κ3) is 3.73. The monoisotopic (exact) mass is 332 g/mol. The zero-order valence-corrected chi connectivity index (χ0v) is 13.8. The number of carbonyl (C=O) groups excluding carboxylic acids is 1. The highest BCUT2D eigenvalue weighted by Gasteiger charge is 2.16. The quantitative estimate of drug-likeness (QED) is 0.904. The maximum absolute atomic E-state index is 14.4. The molecular formula is C17H21FN4O2. The third-order valence-corrected chi connectivity index (χ3v) is 3.96. The Kier molecular flexibility index (Phi) is 4.80. The maximum atomic E-state index is 14.4. The highest BCUT2D eigenvalue weighted by Crippen LogP contribution is 2.20. The third-order valence-electron chi connectivity index (χ3n) is 3.96. The largest absolute Gasteiger partial charge is 0.376 e. The van der Waals surface area contributed by atoms with E-state index in [-0.39, 0.29) is 12.1 Å². The summed E-state index contributed by atoms with van der Waals surface area (Å²) < 4.78 is 21.3. The number of hydrogen-bond donors (Lipinski definition) is 2. The van der Waals surface area contributed by atoms with Gasteiger partial charge in [-0.1, -0.05) is 0 Å². The van der Waals surface area contributed by atoms with Crippen molar-refractivity contribution < 1.29 is 13.9 Å². The lowest BCUT2D eigenvalue weighted by atomic mass is 10.2. The van der Waals surface area contributed by atoms with E-state index in [9.17, 15) is 9.18 Å². The molecule has 0 unspecified atom stereocenters. The van der Waals surface area contributed by atoms with Gasteiger partial charge < -0.3 is 15.4 Å². The SMILES string of the molecule is Cc1cc(C)n(-c2ccc(NC(=O)NC[C@@H]3CCCO3)cc2F)n1. The van der Waals surface area contributed by atoms with Gasteiger partial charge in [-0.3, -0.25) is 0 Å². The smallest absolute Gasteiger partial charge is 0.319 e. The van der Waals surface area contributed by atoms with Gasteiger partial charge >= 0.3 is 6.03 Å². The van der Waals surface area contributed by atoms with E-state index in [4.69, 9.17) is 4.74 Å². The van der Waals surface area contributed by atoms with Crippen LogP contribution < -0.4 is 10.6 Å². The number of hydrogen-bond acceptors (Lipinski definition) is 3. The van der Waals surface area contributed by atoms with Crippen molar-refractivity contribution in [3.8, 4) is 5.69 Å². The van der Waals surface area contributed by atoms with Crippen molar-refractivity contribution in [2.24, 2.45) is 0 Å². The first kappa shape index (κ1) is 16.4. The lowest BCUT2D eigenvalue weighted by Crippen LogP contribution is -2.35. The fourth-order valence-electron chi connectivity index (χ4n) is 2.82. The number of nitrogens with zero attached hydrogens (tertiary/aromatic N) is 2. The number of carbonyl (C=O) groups is 1. The van der Waals surface area contributed by atoms with Gasteiger partial charge in [-0.05, 0) is 51.0 Å². The first-order chi connectivity index (χ1) is 11.5. The Hall–Kier alpha value is -2.41. The number of ether oxygens (including phenoxy) is 1. The molecule has 2 amide bonds. The summed E-state index contributed by atoms with van der Waals surface area (Å²) in [7, 11) is 0. The van der Waals surface area contributed by atoms with Crippen LogP contribution in [0.3, 0.4) is 0 Å². The van der Waals surface area contributed by atoms with Crippen LogP contribution in [0.2, 0.25) is 0 Å². The summed E-state index contributed by atoms with van der Waals surface area (Å²) in [5, 5.41) is 9.63. The van der Waals surface area contributed by atoms with E-state index in [1.165, 1.54) is 6.07 Å². The van der Waals surface area contributed by atoms with E-state index in [2.05, 4.69) is 15.7 Å². The Morgan fingerprint density at radius 1 is 1.42 bits per heavy atom. The van der Waals surface area contributed by atoms with Gasteiger partial charge in [0.1, 0.15) is 5.69 Å². The molecule has 0 spiro atoms. The molecule has 6 nitrogen and oxygen atoms in total. The number of urea groups is 1. The summed E-state index contributed by atoms with van der Waals surface area (Å²) in [6, 6.07) is 6.05. The van der Waals surface area contributed by atoms with Gasteiger partial charge in [0, 0.05) is 24.5 Å². The van der Waals surface area contributed by atoms with E-state index < -0.39 is 5.82 Å². The molecule has 24 heavy (non-hydrogen) atoms. The Bertz CT molecular complexity index is 738. The van der Waals surface area contributed by atoms with Crippen LogP contribution in [0.5, 0.6) is 0 Å². The fourth-order valence-corrected chi connectivity index (χ4v) is 2.82. The normalized spacial score (nSPS) is 17.0. The highest BCUT2D eigenvalue weighted by molar-refractivity contribution is 5.89. The summed E-state index contributed by atoms with van der Waals surface area (Å²) in [6.45, 7) is 4.92. The molecule has 0 aliphatic carbocycles. The Morgan fingerprint density at radius 2 is 2.25 bits per heavy atom. The molecule has 0 saturated carbocycles. The summed E-state index contributed by atoms with van der Waals surface area (Å²) in [5.41, 5.74) is 2.41. The second-order valence-electron chi connectivity index (χ2n) is 5.98. The molecule has 0 bridgehead atoms. The first-order valence-electron chi connectivity index (χ1n) is 8.02. The summed E-state index contributed by atoms with van der Waals surface area (Å²) in [4.78, 5) is 11.9. The topological polar surface area (TPSA) is 68.2 Å². The average molecular weight is 332 g/mol. The Morgan fingerprint density at radius 3 is 2.88 bits per heavy atom. The van der Waals surface area contributed by atoms with Gasteiger partial charge in [0.05, 0.1) is 11.8 Å². The van der Waals surface area contributed by atoms with Crippen LogP contribution in [-0.4, -0.2) is 35.1 Å². The molecule has 2 heterocycles. The van der Waals surface area contributed by atoms with Crippen molar-refractivity contribution in [3.05, 3.63) is 41.5 Å². The molecule has 1 saturated heterocycles. The Balaban J connectivity index is 1.63. The molecule has 1 fully saturated rings. The first-order valence-corrected chi connectivity index (χ1v) is 8.02. The van der Waals surface area contributed by atoms with Crippen LogP contribution in [0.1, 0.15) is 24.2 Å². The number of anilines is 1. The number of nitrogens with one attached hydrogen (secondary N) is 2. The minimum absolute atomic E-state index is 0.0703. The Labute approximate surface area is 140 Å². The van der Waals surface area contributed by atoms with Gasteiger partial charge in [0.2, 0.25) is 0 Å². The average Bonchev–Trinajstić information content (AvgIpc) is 3.15. The molecule has 7 heteroatoms. The molecule has 1 atom stereocenters. The van der Waals surface area contributed by atoms with Gasteiger partial charge in [0.15, 0.2) is 5.82 Å². The summed E-state index contributed by atoms with van der Waals surface area (Å²) in [6.07, 6.45) is 2.04. The lowest BCUT2D eigenvalue weighted by molar-refractivity contribution is 0.112. The van der Waals surface area contributed by atoms with Crippen molar-refractivity contribution in [1.29, 1.82) is 0 Å². The molecule has 1 aliphatic rings. The van der Waals surface area contributed by atoms with E-state index in [0.717, 1.165) is 30.8 Å². The number of benzene rings is 1. The van der Waals surface area contributed by atoms with Crippen LogP contribution in [0.4, 0.5) is 14.9 Å². The molecule has 1 aromatic heterocycles. The number of aromatic nitrogens is 2. The molecule has 128 valence electrons. The van der Waals surface area contributed by atoms with Crippen molar-refractivity contribution in [1.82, 2.24) is 15.1 Å². The van der Waals surface area contributed by atoms with Gasteiger partial charge in [-0.2, -0.15) is 5.10 Å². The number of rotatable bonds is 4. The minimum atomic E-state index is -0.446. The molecular weight excluding hydrogens is 311 g/mol. The number of halogens is 1. The van der Waals surface area contributed by atoms with Crippen LogP contribution in [0.25, 0.3) is 5.69 Å². The van der Waals surface area contributed by atoms with Crippen LogP contribution >= 0.6 is 0 Å². The van der Waals surface area contributed by atoms with Gasteiger partial charge in [-0.25, -0.2) is 13.9 Å². The van der Waals surface area contributed by atoms with Crippen LogP contribution in [0, 0.1) is 19.7 Å². The van der Waals surface area contributed by atoms with E-state index in [1.54, 1.807) is 16.8 Å². The van der Waals surface area contributed by atoms with Crippen LogP contribution in [-0.2, 0) is 4.74 Å². The zero-order valence-electron chi connectivity index (χ0n) is 13.8. The number of aryl methyl sites for hydroxylation is 2. The molecule has 2 aromatic rings. The van der Waals surface area contributed by atoms with Crippen LogP contribution in [0.15, 0.2) is 24.3 Å². The standard InChI is InChI=1S/C17H21FN4O2/c1-11-8-12(2)22(21-11)16-6-5-13(9-15(16)18)20-17(23)19-10-14-4-3-7-24-14/h5-6,8-9,14H,3-4,7,10H2,1-2H3,(H2,19,20,23)/t14-/m0/s1.